The van der Waals surface area contributed by atoms with E-state index in [0.717, 1.165) is 0 Å². The van der Waals surface area contributed by atoms with Gasteiger partial charge in [0.05, 0.1) is 0 Å². The summed E-state index contributed by atoms with van der Waals surface area (Å²) >= 11 is 11.1. The van der Waals surface area contributed by atoms with E-state index in [9.17, 15) is 9.59 Å². The molecule has 0 atom stereocenters. The molecule has 1 amide bonds. The SMILES string of the molecule is O=C(O)CNC(=O)c1cc(Cl)nc(Cl)c1. The molecule has 0 saturated heterocycles. The highest BCUT2D eigenvalue weighted by Crippen LogP contribution is 2.14. The monoisotopic (exact) mass is 248 g/mol. The first-order valence-corrected chi connectivity index (χ1v) is 4.57. The topological polar surface area (TPSA) is 79.3 Å². The maximum Gasteiger partial charge on any atom is 0.322 e. The number of nitrogens with one attached hydrogen (secondary N) is 1. The summed E-state index contributed by atoms with van der Waals surface area (Å²) in [5.41, 5.74) is 0.168. The quantitative estimate of drug-likeness (QED) is 0.789. The Hall–Kier alpha value is -1.33. The summed E-state index contributed by atoms with van der Waals surface area (Å²) in [5.74, 6) is -1.70. The lowest BCUT2D eigenvalue weighted by Gasteiger charge is -2.02. The van der Waals surface area contributed by atoms with E-state index in [1.165, 1.54) is 12.1 Å². The Bertz CT molecular complexity index is 389. The number of aromatic nitrogens is 1. The fourth-order valence-electron chi connectivity index (χ4n) is 0.854. The van der Waals surface area contributed by atoms with E-state index in [0.29, 0.717) is 0 Å². The van der Waals surface area contributed by atoms with Crippen molar-refractivity contribution in [3.8, 4) is 0 Å². The zero-order valence-corrected chi connectivity index (χ0v) is 8.84. The first-order chi connectivity index (χ1) is 6.99. The van der Waals surface area contributed by atoms with E-state index in [4.69, 9.17) is 28.3 Å². The Morgan fingerprint density at radius 1 is 1.33 bits per heavy atom. The van der Waals surface area contributed by atoms with Gasteiger partial charge in [-0.2, -0.15) is 0 Å². The molecule has 5 nitrogen and oxygen atoms in total. The van der Waals surface area contributed by atoms with E-state index in [2.05, 4.69) is 10.3 Å². The van der Waals surface area contributed by atoms with Gasteiger partial charge in [-0.25, -0.2) is 4.98 Å². The van der Waals surface area contributed by atoms with Crippen molar-refractivity contribution in [2.75, 3.05) is 6.54 Å². The average molecular weight is 249 g/mol. The standard InChI is InChI=1S/C8H6Cl2N2O3/c9-5-1-4(2-6(10)12-5)8(15)11-3-7(13)14/h1-2H,3H2,(H,11,15)(H,13,14). The average Bonchev–Trinajstić information content (AvgIpc) is 2.12. The summed E-state index contributed by atoms with van der Waals surface area (Å²) in [7, 11) is 0. The predicted molar refractivity (Wildman–Crippen MR) is 54.2 cm³/mol. The maximum atomic E-state index is 11.3. The van der Waals surface area contributed by atoms with Gasteiger partial charge in [0.1, 0.15) is 16.9 Å². The molecule has 0 saturated carbocycles. The molecule has 0 aliphatic rings. The fraction of sp³-hybridized carbons (Fsp3) is 0.125. The van der Waals surface area contributed by atoms with Crippen LogP contribution in [0.2, 0.25) is 10.3 Å². The van der Waals surface area contributed by atoms with E-state index in [-0.39, 0.29) is 15.9 Å². The van der Waals surface area contributed by atoms with Gasteiger partial charge in [0.2, 0.25) is 0 Å². The van der Waals surface area contributed by atoms with Crippen molar-refractivity contribution < 1.29 is 14.7 Å². The van der Waals surface area contributed by atoms with E-state index in [1.807, 2.05) is 0 Å². The van der Waals surface area contributed by atoms with Crippen molar-refractivity contribution >= 4 is 35.1 Å². The lowest BCUT2D eigenvalue weighted by atomic mass is 10.2. The minimum absolute atomic E-state index is 0.0722. The van der Waals surface area contributed by atoms with Gasteiger partial charge in [-0.05, 0) is 12.1 Å². The molecule has 0 fully saturated rings. The number of carbonyl (C=O) groups excluding carboxylic acids is 1. The van der Waals surface area contributed by atoms with Gasteiger partial charge in [0.25, 0.3) is 5.91 Å². The highest BCUT2D eigenvalue weighted by atomic mass is 35.5. The number of halogens is 2. The van der Waals surface area contributed by atoms with Crippen LogP contribution >= 0.6 is 23.2 Å². The third-order valence-corrected chi connectivity index (χ3v) is 1.81. The van der Waals surface area contributed by atoms with Gasteiger partial charge in [0, 0.05) is 5.56 Å². The number of amides is 1. The van der Waals surface area contributed by atoms with Crippen LogP contribution in [0.3, 0.4) is 0 Å². The van der Waals surface area contributed by atoms with Crippen molar-refractivity contribution in [1.29, 1.82) is 0 Å². The second-order valence-corrected chi connectivity index (χ2v) is 3.35. The van der Waals surface area contributed by atoms with Crippen LogP contribution in [0.1, 0.15) is 10.4 Å². The lowest BCUT2D eigenvalue weighted by Crippen LogP contribution is -2.29. The molecule has 0 unspecified atom stereocenters. The third kappa shape index (κ3) is 3.73. The molecule has 0 aliphatic carbocycles. The molecule has 0 aliphatic heterocycles. The minimum atomic E-state index is -1.13. The molecule has 80 valence electrons. The Kier molecular flexibility index (Phi) is 3.88. The van der Waals surface area contributed by atoms with Crippen LogP contribution in [-0.4, -0.2) is 28.5 Å². The summed E-state index contributed by atoms with van der Waals surface area (Å²) < 4.78 is 0. The number of rotatable bonds is 3. The zero-order valence-electron chi connectivity index (χ0n) is 7.33. The van der Waals surface area contributed by atoms with Gasteiger partial charge in [-0.3, -0.25) is 9.59 Å². The number of aliphatic carboxylic acids is 1. The lowest BCUT2D eigenvalue weighted by molar-refractivity contribution is -0.135. The number of carboxylic acid groups (broad SMARTS) is 1. The number of hydrogen-bond acceptors (Lipinski definition) is 3. The molecule has 1 heterocycles. The number of carboxylic acids is 1. The summed E-state index contributed by atoms with van der Waals surface area (Å²) in [5, 5.41) is 10.7. The Morgan fingerprint density at radius 3 is 2.33 bits per heavy atom. The van der Waals surface area contributed by atoms with Gasteiger partial charge in [-0.1, -0.05) is 23.2 Å². The molecule has 0 spiro atoms. The first kappa shape index (κ1) is 11.7. The van der Waals surface area contributed by atoms with Crippen molar-refractivity contribution in [3.63, 3.8) is 0 Å². The predicted octanol–water partition coefficient (Wildman–Crippen LogP) is 1.20. The first-order valence-electron chi connectivity index (χ1n) is 3.82. The van der Waals surface area contributed by atoms with Crippen LogP contribution in [0.15, 0.2) is 12.1 Å². The molecular formula is C8H6Cl2N2O3. The van der Waals surface area contributed by atoms with E-state index < -0.39 is 18.4 Å². The third-order valence-electron chi connectivity index (χ3n) is 1.43. The summed E-state index contributed by atoms with van der Waals surface area (Å²) in [6.07, 6.45) is 0. The molecule has 15 heavy (non-hydrogen) atoms. The number of pyridine rings is 1. The van der Waals surface area contributed by atoms with Gasteiger partial charge in [-0.15, -0.1) is 0 Å². The molecule has 2 N–H and O–H groups in total. The second-order valence-electron chi connectivity index (χ2n) is 2.58. The van der Waals surface area contributed by atoms with Crippen molar-refractivity contribution in [3.05, 3.63) is 28.0 Å². The smallest absolute Gasteiger partial charge is 0.322 e. The Labute approximate surface area is 95.0 Å². The summed E-state index contributed by atoms with van der Waals surface area (Å²) in [6, 6.07) is 2.59. The van der Waals surface area contributed by atoms with Crippen LogP contribution in [-0.2, 0) is 4.79 Å². The van der Waals surface area contributed by atoms with Crippen LogP contribution in [0, 0.1) is 0 Å². The van der Waals surface area contributed by atoms with E-state index >= 15 is 0 Å². The minimum Gasteiger partial charge on any atom is -0.480 e. The number of carbonyl (C=O) groups is 2. The van der Waals surface area contributed by atoms with Gasteiger partial charge in [0.15, 0.2) is 0 Å². The van der Waals surface area contributed by atoms with Crippen LogP contribution < -0.4 is 5.32 Å². The summed E-state index contributed by atoms with van der Waals surface area (Å²) in [6.45, 7) is -0.462. The van der Waals surface area contributed by atoms with Crippen molar-refractivity contribution in [2.45, 2.75) is 0 Å². The highest BCUT2D eigenvalue weighted by molar-refractivity contribution is 6.33. The molecule has 1 aromatic rings. The normalized spacial score (nSPS) is 9.73. The van der Waals surface area contributed by atoms with Crippen LogP contribution in [0.25, 0.3) is 0 Å². The molecule has 1 aromatic heterocycles. The Balaban J connectivity index is 2.77. The van der Waals surface area contributed by atoms with E-state index in [1.54, 1.807) is 0 Å². The summed E-state index contributed by atoms with van der Waals surface area (Å²) in [4.78, 5) is 25.2. The Morgan fingerprint density at radius 2 is 1.87 bits per heavy atom. The molecule has 0 radical (unpaired) electrons. The van der Waals surface area contributed by atoms with Crippen LogP contribution in [0.5, 0.6) is 0 Å². The van der Waals surface area contributed by atoms with Crippen LogP contribution in [0.4, 0.5) is 0 Å². The highest BCUT2D eigenvalue weighted by Gasteiger charge is 2.09. The molecular weight excluding hydrogens is 243 g/mol. The van der Waals surface area contributed by atoms with Gasteiger partial charge >= 0.3 is 5.97 Å². The van der Waals surface area contributed by atoms with Crippen molar-refractivity contribution in [1.82, 2.24) is 10.3 Å². The van der Waals surface area contributed by atoms with Gasteiger partial charge < -0.3 is 10.4 Å². The number of hydrogen-bond donors (Lipinski definition) is 2. The fourth-order valence-corrected chi connectivity index (χ4v) is 1.31. The molecule has 1 rings (SSSR count). The largest absolute Gasteiger partial charge is 0.480 e. The molecule has 7 heteroatoms. The van der Waals surface area contributed by atoms with Crippen molar-refractivity contribution in [2.24, 2.45) is 0 Å². The zero-order chi connectivity index (χ0) is 11.4. The molecule has 0 bridgehead atoms. The second kappa shape index (κ2) is 4.95. The molecule has 0 aromatic carbocycles. The maximum absolute atomic E-state index is 11.3. The number of nitrogens with zero attached hydrogens (tertiary/aromatic N) is 1.